The Kier molecular flexibility index (Phi) is 5.39. The van der Waals surface area contributed by atoms with Crippen molar-refractivity contribution >= 4 is 11.9 Å². The van der Waals surface area contributed by atoms with E-state index in [1.807, 2.05) is 0 Å². The van der Waals surface area contributed by atoms with Crippen molar-refractivity contribution < 1.29 is 28.2 Å². The standard InChI is InChI=1S/C20H17FN2O5/c1-26-18-13(10-7-11-14(18)21)16-15(19(24)27-2)17(20(25)28-3)23(22-16)12-8-5-4-6-9-12/h4-11H,1-3H3. The normalized spacial score (nSPS) is 10.4. The summed E-state index contributed by atoms with van der Waals surface area (Å²) in [5, 5.41) is 4.41. The minimum atomic E-state index is -0.816. The van der Waals surface area contributed by atoms with Crippen LogP contribution in [0.3, 0.4) is 0 Å². The molecule has 1 heterocycles. The molecular weight excluding hydrogens is 367 g/mol. The summed E-state index contributed by atoms with van der Waals surface area (Å²) in [4.78, 5) is 25.1. The third-order valence-corrected chi connectivity index (χ3v) is 4.08. The van der Waals surface area contributed by atoms with E-state index in [9.17, 15) is 14.0 Å². The fourth-order valence-electron chi connectivity index (χ4n) is 2.85. The van der Waals surface area contributed by atoms with Crippen LogP contribution in [0.1, 0.15) is 20.8 Å². The van der Waals surface area contributed by atoms with Gasteiger partial charge in [0.25, 0.3) is 0 Å². The van der Waals surface area contributed by atoms with E-state index in [0.29, 0.717) is 5.69 Å². The number of esters is 2. The minimum Gasteiger partial charge on any atom is -0.493 e. The Morgan fingerprint density at radius 2 is 1.61 bits per heavy atom. The topological polar surface area (TPSA) is 79.7 Å². The summed E-state index contributed by atoms with van der Waals surface area (Å²) in [6.07, 6.45) is 0. The number of rotatable bonds is 5. The maximum absolute atomic E-state index is 14.2. The molecule has 0 saturated heterocycles. The van der Waals surface area contributed by atoms with Crippen LogP contribution in [-0.2, 0) is 9.47 Å². The summed E-state index contributed by atoms with van der Waals surface area (Å²) in [6.45, 7) is 0. The van der Waals surface area contributed by atoms with Crippen molar-refractivity contribution in [3.05, 3.63) is 65.6 Å². The summed E-state index contributed by atoms with van der Waals surface area (Å²) < 4.78 is 30.4. The number of benzene rings is 2. The highest BCUT2D eigenvalue weighted by molar-refractivity contribution is 6.07. The lowest BCUT2D eigenvalue weighted by Crippen LogP contribution is -2.15. The molecule has 0 atom stereocenters. The Morgan fingerprint density at radius 1 is 0.929 bits per heavy atom. The molecule has 0 aliphatic heterocycles. The Morgan fingerprint density at radius 3 is 2.21 bits per heavy atom. The molecule has 0 bridgehead atoms. The Labute approximate surface area is 160 Å². The highest BCUT2D eigenvalue weighted by atomic mass is 19.1. The van der Waals surface area contributed by atoms with Gasteiger partial charge in [-0.2, -0.15) is 5.10 Å². The first kappa shape index (κ1) is 19.1. The van der Waals surface area contributed by atoms with Crippen molar-refractivity contribution in [2.24, 2.45) is 0 Å². The molecule has 3 rings (SSSR count). The summed E-state index contributed by atoms with van der Waals surface area (Å²) in [7, 11) is 3.67. The van der Waals surface area contributed by atoms with Crippen LogP contribution in [0.4, 0.5) is 4.39 Å². The number of para-hydroxylation sites is 2. The third-order valence-electron chi connectivity index (χ3n) is 4.08. The van der Waals surface area contributed by atoms with Crippen LogP contribution in [0.25, 0.3) is 16.9 Å². The van der Waals surface area contributed by atoms with Gasteiger partial charge in [-0.25, -0.2) is 18.7 Å². The van der Waals surface area contributed by atoms with Gasteiger partial charge in [0.05, 0.1) is 27.0 Å². The van der Waals surface area contributed by atoms with Gasteiger partial charge >= 0.3 is 11.9 Å². The molecule has 144 valence electrons. The molecule has 0 radical (unpaired) electrons. The van der Waals surface area contributed by atoms with Gasteiger partial charge in [0, 0.05) is 5.56 Å². The zero-order valence-electron chi connectivity index (χ0n) is 15.4. The maximum atomic E-state index is 14.2. The van der Waals surface area contributed by atoms with Crippen LogP contribution in [0, 0.1) is 5.82 Å². The van der Waals surface area contributed by atoms with E-state index in [1.165, 1.54) is 44.2 Å². The monoisotopic (exact) mass is 384 g/mol. The van der Waals surface area contributed by atoms with E-state index >= 15 is 0 Å². The SMILES string of the molecule is COC(=O)c1c(-c2cccc(F)c2OC)nn(-c2ccccc2)c1C(=O)OC. The molecule has 0 amide bonds. The van der Waals surface area contributed by atoms with Gasteiger partial charge in [0.1, 0.15) is 11.3 Å². The number of carbonyl (C=O) groups excluding carboxylic acids is 2. The fraction of sp³-hybridized carbons (Fsp3) is 0.150. The second-order valence-electron chi connectivity index (χ2n) is 5.62. The summed E-state index contributed by atoms with van der Waals surface area (Å²) in [6, 6.07) is 12.9. The maximum Gasteiger partial charge on any atom is 0.357 e. The molecule has 0 aliphatic carbocycles. The zero-order chi connectivity index (χ0) is 20.3. The lowest BCUT2D eigenvalue weighted by atomic mass is 10.0. The number of hydrogen-bond donors (Lipinski definition) is 0. The molecule has 0 fully saturated rings. The Balaban J connectivity index is 2.41. The predicted molar refractivity (Wildman–Crippen MR) is 98.2 cm³/mol. The zero-order valence-corrected chi connectivity index (χ0v) is 15.4. The van der Waals surface area contributed by atoms with Crippen LogP contribution in [0.2, 0.25) is 0 Å². The smallest absolute Gasteiger partial charge is 0.357 e. The number of hydrogen-bond acceptors (Lipinski definition) is 6. The Hall–Kier alpha value is -3.68. The number of carbonyl (C=O) groups is 2. The summed E-state index contributed by atoms with van der Waals surface area (Å²) >= 11 is 0. The molecule has 1 aromatic heterocycles. The van der Waals surface area contributed by atoms with Crippen molar-refractivity contribution in [1.29, 1.82) is 0 Å². The molecule has 3 aromatic rings. The molecule has 0 unspecified atom stereocenters. The molecule has 0 aliphatic rings. The van der Waals surface area contributed by atoms with Gasteiger partial charge in [-0.15, -0.1) is 0 Å². The van der Waals surface area contributed by atoms with E-state index in [0.717, 1.165) is 0 Å². The summed E-state index contributed by atoms with van der Waals surface area (Å²) in [5.41, 5.74) is 0.453. The lowest BCUT2D eigenvalue weighted by molar-refractivity contribution is 0.0549. The lowest BCUT2D eigenvalue weighted by Gasteiger charge is -2.08. The van der Waals surface area contributed by atoms with E-state index < -0.39 is 17.8 Å². The Bertz CT molecular complexity index is 1030. The second kappa shape index (κ2) is 7.91. The van der Waals surface area contributed by atoms with E-state index in [2.05, 4.69) is 5.10 Å². The molecule has 7 nitrogen and oxygen atoms in total. The molecule has 0 saturated carbocycles. The fourth-order valence-corrected chi connectivity index (χ4v) is 2.85. The van der Waals surface area contributed by atoms with Crippen LogP contribution in [0.15, 0.2) is 48.5 Å². The van der Waals surface area contributed by atoms with Gasteiger partial charge in [-0.05, 0) is 24.3 Å². The van der Waals surface area contributed by atoms with Crippen molar-refractivity contribution in [2.75, 3.05) is 21.3 Å². The highest BCUT2D eigenvalue weighted by Gasteiger charge is 2.32. The average molecular weight is 384 g/mol. The minimum absolute atomic E-state index is 0.0347. The second-order valence-corrected chi connectivity index (χ2v) is 5.62. The number of methoxy groups -OCH3 is 3. The van der Waals surface area contributed by atoms with E-state index in [1.54, 1.807) is 30.3 Å². The number of nitrogens with zero attached hydrogens (tertiary/aromatic N) is 2. The first-order valence-corrected chi connectivity index (χ1v) is 8.21. The van der Waals surface area contributed by atoms with Gasteiger partial charge in [0.15, 0.2) is 17.3 Å². The van der Waals surface area contributed by atoms with Crippen LogP contribution in [0.5, 0.6) is 5.75 Å². The molecule has 8 heteroatoms. The van der Waals surface area contributed by atoms with E-state index in [-0.39, 0.29) is 28.3 Å². The quantitative estimate of drug-likeness (QED) is 0.628. The van der Waals surface area contributed by atoms with Gasteiger partial charge < -0.3 is 14.2 Å². The van der Waals surface area contributed by atoms with Crippen molar-refractivity contribution in [2.45, 2.75) is 0 Å². The summed E-state index contributed by atoms with van der Waals surface area (Å²) in [5.74, 6) is -2.35. The number of halogens is 1. The van der Waals surface area contributed by atoms with E-state index in [4.69, 9.17) is 14.2 Å². The average Bonchev–Trinajstić information content (AvgIpc) is 3.13. The molecule has 0 N–H and O–H groups in total. The third kappa shape index (κ3) is 3.20. The van der Waals surface area contributed by atoms with Crippen molar-refractivity contribution in [3.8, 4) is 22.7 Å². The number of aromatic nitrogens is 2. The van der Waals surface area contributed by atoms with Crippen LogP contribution < -0.4 is 4.74 Å². The molecule has 2 aromatic carbocycles. The highest BCUT2D eigenvalue weighted by Crippen LogP contribution is 2.36. The molecular formula is C20H17FN2O5. The largest absolute Gasteiger partial charge is 0.493 e. The van der Waals surface area contributed by atoms with Crippen LogP contribution in [-0.4, -0.2) is 43.0 Å². The first-order valence-electron chi connectivity index (χ1n) is 8.21. The van der Waals surface area contributed by atoms with Gasteiger partial charge in [-0.3, -0.25) is 0 Å². The predicted octanol–water partition coefficient (Wildman–Crippen LogP) is 3.26. The molecule has 0 spiro atoms. The number of ether oxygens (including phenoxy) is 3. The van der Waals surface area contributed by atoms with Crippen molar-refractivity contribution in [1.82, 2.24) is 9.78 Å². The van der Waals surface area contributed by atoms with Crippen molar-refractivity contribution in [3.63, 3.8) is 0 Å². The van der Waals surface area contributed by atoms with Gasteiger partial charge in [-0.1, -0.05) is 24.3 Å². The van der Waals surface area contributed by atoms with Crippen LogP contribution >= 0.6 is 0 Å². The first-order chi connectivity index (χ1) is 13.5. The van der Waals surface area contributed by atoms with Gasteiger partial charge in [0.2, 0.25) is 0 Å². The molecule has 28 heavy (non-hydrogen) atoms.